The van der Waals surface area contributed by atoms with Crippen molar-refractivity contribution < 1.29 is 4.74 Å². The number of hydrogen-bond acceptors (Lipinski definition) is 2. The molecular weight excluding hydrogens is 216 g/mol. The van der Waals surface area contributed by atoms with Gasteiger partial charge in [0.2, 0.25) is 0 Å². The number of ether oxygens (including phenoxy) is 1. The predicted molar refractivity (Wildman–Crippen MR) is 64.8 cm³/mol. The van der Waals surface area contributed by atoms with E-state index in [0.29, 0.717) is 0 Å². The first-order chi connectivity index (χ1) is 6.77. The van der Waals surface area contributed by atoms with Crippen LogP contribution in [0.2, 0.25) is 5.02 Å². The molecule has 1 aromatic carbocycles. The Labute approximate surface area is 95.8 Å². The highest BCUT2D eigenvalue weighted by Crippen LogP contribution is 2.23. The van der Waals surface area contributed by atoms with Crippen molar-refractivity contribution in [1.82, 2.24) is 0 Å². The molecule has 0 amide bonds. The number of unbranched alkanes of at least 4 members (excludes halogenated alkanes) is 1. The van der Waals surface area contributed by atoms with E-state index in [2.05, 4.69) is 12.6 Å². The Kier molecular flexibility index (Phi) is 5.20. The highest BCUT2D eigenvalue weighted by atomic mass is 35.5. The number of methoxy groups -OCH3 is 1. The minimum Gasteiger partial charge on any atom is -0.497 e. The van der Waals surface area contributed by atoms with E-state index < -0.39 is 0 Å². The van der Waals surface area contributed by atoms with E-state index in [1.54, 1.807) is 7.11 Å². The van der Waals surface area contributed by atoms with Gasteiger partial charge in [-0.3, -0.25) is 0 Å². The average Bonchev–Trinajstić information content (AvgIpc) is 2.20. The molecule has 0 aliphatic heterocycles. The zero-order chi connectivity index (χ0) is 10.4. The van der Waals surface area contributed by atoms with Crippen molar-refractivity contribution in [3.05, 3.63) is 28.8 Å². The van der Waals surface area contributed by atoms with Crippen LogP contribution in [0.1, 0.15) is 18.4 Å². The predicted octanol–water partition coefficient (Wildman–Crippen LogP) is 3.60. The lowest BCUT2D eigenvalue weighted by molar-refractivity contribution is 0.414. The Morgan fingerprint density at radius 2 is 2.14 bits per heavy atom. The molecule has 1 nitrogen and oxygen atoms in total. The van der Waals surface area contributed by atoms with Crippen LogP contribution in [-0.2, 0) is 6.42 Å². The molecule has 1 aromatic rings. The molecule has 0 heterocycles. The summed E-state index contributed by atoms with van der Waals surface area (Å²) in [5.41, 5.74) is 1.19. The molecule has 14 heavy (non-hydrogen) atoms. The molecule has 0 fully saturated rings. The van der Waals surface area contributed by atoms with Gasteiger partial charge in [0, 0.05) is 5.02 Å². The summed E-state index contributed by atoms with van der Waals surface area (Å²) in [6.07, 6.45) is 3.28. The first kappa shape index (κ1) is 11.7. The second-order valence-corrected chi connectivity index (χ2v) is 3.99. The van der Waals surface area contributed by atoms with Gasteiger partial charge >= 0.3 is 0 Å². The fraction of sp³-hybridized carbons (Fsp3) is 0.455. The normalized spacial score (nSPS) is 10.2. The van der Waals surface area contributed by atoms with Crippen molar-refractivity contribution in [2.75, 3.05) is 12.9 Å². The van der Waals surface area contributed by atoms with Crippen LogP contribution >= 0.6 is 24.2 Å². The van der Waals surface area contributed by atoms with Crippen LogP contribution in [0.3, 0.4) is 0 Å². The van der Waals surface area contributed by atoms with Gasteiger partial charge < -0.3 is 4.74 Å². The topological polar surface area (TPSA) is 9.23 Å². The molecule has 0 radical (unpaired) electrons. The number of rotatable bonds is 5. The van der Waals surface area contributed by atoms with Crippen LogP contribution in [0.5, 0.6) is 5.75 Å². The summed E-state index contributed by atoms with van der Waals surface area (Å²) in [6, 6.07) is 5.83. The van der Waals surface area contributed by atoms with Crippen molar-refractivity contribution >= 4 is 24.2 Å². The van der Waals surface area contributed by atoms with Gasteiger partial charge in [-0.15, -0.1) is 0 Å². The summed E-state index contributed by atoms with van der Waals surface area (Å²) in [6.45, 7) is 0. The molecule has 0 saturated carbocycles. The molecule has 0 aliphatic carbocycles. The maximum atomic E-state index is 6.09. The first-order valence-corrected chi connectivity index (χ1v) is 5.72. The lowest BCUT2D eigenvalue weighted by atomic mass is 10.1. The third-order valence-corrected chi connectivity index (χ3v) is 2.78. The smallest absolute Gasteiger partial charge is 0.120 e. The second kappa shape index (κ2) is 6.20. The van der Waals surface area contributed by atoms with Crippen molar-refractivity contribution in [2.45, 2.75) is 19.3 Å². The largest absolute Gasteiger partial charge is 0.497 e. The fourth-order valence-corrected chi connectivity index (χ4v) is 1.77. The van der Waals surface area contributed by atoms with Gasteiger partial charge in [0.1, 0.15) is 5.75 Å². The minimum atomic E-state index is 0.795. The molecule has 0 unspecified atom stereocenters. The van der Waals surface area contributed by atoms with Crippen LogP contribution in [0.4, 0.5) is 0 Å². The molecule has 0 bridgehead atoms. The molecular formula is C11H15ClOS. The van der Waals surface area contributed by atoms with Crippen LogP contribution < -0.4 is 4.74 Å². The van der Waals surface area contributed by atoms with E-state index in [-0.39, 0.29) is 0 Å². The van der Waals surface area contributed by atoms with E-state index in [9.17, 15) is 0 Å². The second-order valence-electron chi connectivity index (χ2n) is 3.14. The van der Waals surface area contributed by atoms with Crippen LogP contribution in [0.15, 0.2) is 18.2 Å². The van der Waals surface area contributed by atoms with E-state index in [0.717, 1.165) is 35.8 Å². The number of thiol groups is 1. The molecule has 1 rings (SSSR count). The standard InChI is InChI=1S/C11H15ClOS/c1-13-10-6-5-9(11(12)8-10)4-2-3-7-14/h5-6,8,14H,2-4,7H2,1H3. The highest BCUT2D eigenvalue weighted by molar-refractivity contribution is 7.80. The SMILES string of the molecule is COc1ccc(CCCCS)c(Cl)c1. The molecule has 0 N–H and O–H groups in total. The van der Waals surface area contributed by atoms with E-state index in [1.165, 1.54) is 5.56 Å². The van der Waals surface area contributed by atoms with E-state index in [1.807, 2.05) is 18.2 Å². The van der Waals surface area contributed by atoms with Crippen LogP contribution in [0, 0.1) is 0 Å². The summed E-state index contributed by atoms with van der Waals surface area (Å²) in [7, 11) is 1.65. The van der Waals surface area contributed by atoms with Crippen LogP contribution in [0.25, 0.3) is 0 Å². The van der Waals surface area contributed by atoms with Gasteiger partial charge in [-0.1, -0.05) is 17.7 Å². The van der Waals surface area contributed by atoms with Gasteiger partial charge in [0.25, 0.3) is 0 Å². The maximum absolute atomic E-state index is 6.09. The highest BCUT2D eigenvalue weighted by Gasteiger charge is 2.01. The minimum absolute atomic E-state index is 0.795. The molecule has 3 heteroatoms. The van der Waals surface area contributed by atoms with Gasteiger partial charge in [0.15, 0.2) is 0 Å². The summed E-state index contributed by atoms with van der Waals surface area (Å²) >= 11 is 10.3. The Bertz CT molecular complexity index is 289. The molecule has 0 spiro atoms. The van der Waals surface area contributed by atoms with Crippen LogP contribution in [-0.4, -0.2) is 12.9 Å². The van der Waals surface area contributed by atoms with Crippen molar-refractivity contribution in [1.29, 1.82) is 0 Å². The lowest BCUT2D eigenvalue weighted by Gasteiger charge is -2.05. The van der Waals surface area contributed by atoms with Crippen molar-refractivity contribution in [3.63, 3.8) is 0 Å². The maximum Gasteiger partial charge on any atom is 0.120 e. The first-order valence-electron chi connectivity index (χ1n) is 4.71. The molecule has 0 aromatic heterocycles. The third kappa shape index (κ3) is 3.43. The third-order valence-electron chi connectivity index (χ3n) is 2.11. The Morgan fingerprint density at radius 1 is 1.36 bits per heavy atom. The number of benzene rings is 1. The Balaban J connectivity index is 2.59. The van der Waals surface area contributed by atoms with Gasteiger partial charge in [-0.25, -0.2) is 0 Å². The molecule has 0 aliphatic rings. The number of hydrogen-bond donors (Lipinski definition) is 1. The van der Waals surface area contributed by atoms with E-state index >= 15 is 0 Å². The van der Waals surface area contributed by atoms with Gasteiger partial charge in [-0.05, 0) is 42.7 Å². The van der Waals surface area contributed by atoms with Crippen molar-refractivity contribution in [2.24, 2.45) is 0 Å². The van der Waals surface area contributed by atoms with Gasteiger partial charge in [-0.2, -0.15) is 12.6 Å². The molecule has 78 valence electrons. The fourth-order valence-electron chi connectivity index (χ4n) is 1.29. The number of halogens is 1. The van der Waals surface area contributed by atoms with Gasteiger partial charge in [0.05, 0.1) is 7.11 Å². The summed E-state index contributed by atoms with van der Waals surface area (Å²) < 4.78 is 5.08. The number of aryl methyl sites for hydroxylation is 1. The summed E-state index contributed by atoms with van der Waals surface area (Å²) in [5.74, 6) is 1.75. The van der Waals surface area contributed by atoms with Crippen molar-refractivity contribution in [3.8, 4) is 5.75 Å². The molecule has 0 saturated heterocycles. The Morgan fingerprint density at radius 3 is 2.71 bits per heavy atom. The zero-order valence-electron chi connectivity index (χ0n) is 8.29. The quantitative estimate of drug-likeness (QED) is 0.601. The lowest BCUT2D eigenvalue weighted by Crippen LogP contribution is -1.89. The average molecular weight is 231 g/mol. The summed E-state index contributed by atoms with van der Waals surface area (Å²) in [4.78, 5) is 0. The summed E-state index contributed by atoms with van der Waals surface area (Å²) in [5, 5.41) is 0.795. The monoisotopic (exact) mass is 230 g/mol. The molecule has 0 atom stereocenters. The van der Waals surface area contributed by atoms with E-state index in [4.69, 9.17) is 16.3 Å². The Hall–Kier alpha value is -0.340. The zero-order valence-corrected chi connectivity index (χ0v) is 9.94.